The van der Waals surface area contributed by atoms with Gasteiger partial charge in [-0.1, -0.05) is 60.0 Å². The zero-order valence-corrected chi connectivity index (χ0v) is 14.2. The smallest absolute Gasteiger partial charge is 0.143 e. The van der Waals surface area contributed by atoms with Crippen LogP contribution in [-0.2, 0) is 0 Å². The van der Waals surface area contributed by atoms with Crippen LogP contribution in [0.4, 0.5) is 0 Å². The summed E-state index contributed by atoms with van der Waals surface area (Å²) < 4.78 is 6.23. The lowest BCUT2D eigenvalue weighted by Gasteiger charge is -2.14. The van der Waals surface area contributed by atoms with Crippen molar-refractivity contribution in [1.29, 1.82) is 0 Å². The Morgan fingerprint density at radius 2 is 1.72 bits per heavy atom. The summed E-state index contributed by atoms with van der Waals surface area (Å²) in [6, 6.07) is 14.5. The molecule has 5 rings (SSSR count). The van der Waals surface area contributed by atoms with Crippen molar-refractivity contribution < 1.29 is 9.62 Å². The van der Waals surface area contributed by atoms with Gasteiger partial charge in [0.1, 0.15) is 11.2 Å². The fraction of sp³-hybridized carbons (Fsp3) is 0.318. The maximum Gasteiger partial charge on any atom is 0.143 e. The molecule has 3 aromatic rings. The molecule has 1 saturated carbocycles. The van der Waals surface area contributed by atoms with Gasteiger partial charge < -0.3 is 9.62 Å². The van der Waals surface area contributed by atoms with Gasteiger partial charge >= 0.3 is 0 Å². The summed E-state index contributed by atoms with van der Waals surface area (Å²) in [7, 11) is 0. The molecule has 2 aromatic carbocycles. The summed E-state index contributed by atoms with van der Waals surface area (Å²) >= 11 is 0. The quantitative estimate of drug-likeness (QED) is 0.452. The van der Waals surface area contributed by atoms with Gasteiger partial charge in [-0.3, -0.25) is 0 Å². The van der Waals surface area contributed by atoms with E-state index in [0.717, 1.165) is 51.6 Å². The Kier molecular flexibility index (Phi) is 3.40. The van der Waals surface area contributed by atoms with Gasteiger partial charge in [-0.15, -0.1) is 0 Å². The van der Waals surface area contributed by atoms with Crippen LogP contribution in [0.2, 0.25) is 0 Å². The molecule has 126 valence electrons. The number of benzene rings is 2. The van der Waals surface area contributed by atoms with Gasteiger partial charge in [-0.2, -0.15) is 0 Å². The Balaban J connectivity index is 1.79. The Morgan fingerprint density at radius 1 is 0.920 bits per heavy atom. The topological polar surface area (TPSA) is 45.7 Å². The van der Waals surface area contributed by atoms with Crippen molar-refractivity contribution >= 4 is 33.2 Å². The van der Waals surface area contributed by atoms with Crippen molar-refractivity contribution in [2.45, 2.75) is 38.5 Å². The number of allylic oxidation sites excluding steroid dienone is 2. The maximum absolute atomic E-state index is 9.59. The van der Waals surface area contributed by atoms with Gasteiger partial charge in [0, 0.05) is 21.9 Å². The SMILES string of the molecule is ON=C1CCC(C2CCCC2)=C1c1cccc2c1oc1ccccc12. The summed E-state index contributed by atoms with van der Waals surface area (Å²) in [4.78, 5) is 0. The van der Waals surface area contributed by atoms with Crippen molar-refractivity contribution in [2.24, 2.45) is 11.1 Å². The molecule has 3 heteroatoms. The van der Waals surface area contributed by atoms with Crippen LogP contribution in [0.25, 0.3) is 27.5 Å². The molecule has 3 nitrogen and oxygen atoms in total. The Hall–Kier alpha value is -2.55. The fourth-order valence-electron chi connectivity index (χ4n) is 4.74. The summed E-state index contributed by atoms with van der Waals surface area (Å²) in [5, 5.41) is 15.5. The van der Waals surface area contributed by atoms with E-state index in [-0.39, 0.29) is 0 Å². The number of furan rings is 1. The van der Waals surface area contributed by atoms with Crippen LogP contribution in [0.3, 0.4) is 0 Å². The highest BCUT2D eigenvalue weighted by Crippen LogP contribution is 2.45. The minimum atomic E-state index is 0.633. The second-order valence-corrected chi connectivity index (χ2v) is 7.21. The van der Waals surface area contributed by atoms with Gasteiger partial charge in [0.25, 0.3) is 0 Å². The van der Waals surface area contributed by atoms with Crippen molar-refractivity contribution in [3.8, 4) is 0 Å². The largest absolute Gasteiger partial charge is 0.455 e. The first-order valence-corrected chi connectivity index (χ1v) is 9.22. The van der Waals surface area contributed by atoms with Gasteiger partial charge in [0.05, 0.1) is 5.71 Å². The molecule has 0 aliphatic heterocycles. The van der Waals surface area contributed by atoms with Gasteiger partial charge in [0.15, 0.2) is 0 Å². The summed E-state index contributed by atoms with van der Waals surface area (Å²) in [5.74, 6) is 0.633. The second-order valence-electron chi connectivity index (χ2n) is 7.21. The first kappa shape index (κ1) is 14.8. The minimum Gasteiger partial charge on any atom is -0.455 e. The zero-order chi connectivity index (χ0) is 16.8. The molecule has 0 unspecified atom stereocenters. The number of hydrogen-bond donors (Lipinski definition) is 1. The third-order valence-electron chi connectivity index (χ3n) is 5.88. The predicted octanol–water partition coefficient (Wildman–Crippen LogP) is 6.15. The molecule has 0 saturated heterocycles. The highest BCUT2D eigenvalue weighted by Gasteiger charge is 2.31. The molecule has 1 aromatic heterocycles. The lowest BCUT2D eigenvalue weighted by Crippen LogP contribution is -2.02. The normalized spacial score (nSPS) is 20.6. The maximum atomic E-state index is 9.59. The molecular weight excluding hydrogens is 310 g/mol. The van der Waals surface area contributed by atoms with Crippen LogP contribution in [0.5, 0.6) is 0 Å². The minimum absolute atomic E-state index is 0.633. The van der Waals surface area contributed by atoms with Crippen LogP contribution in [0.1, 0.15) is 44.1 Å². The Bertz CT molecular complexity index is 1020. The van der Waals surface area contributed by atoms with E-state index < -0.39 is 0 Å². The number of para-hydroxylation sites is 2. The fourth-order valence-corrected chi connectivity index (χ4v) is 4.74. The summed E-state index contributed by atoms with van der Waals surface area (Å²) in [6.45, 7) is 0. The van der Waals surface area contributed by atoms with E-state index in [0.29, 0.717) is 5.92 Å². The predicted molar refractivity (Wildman–Crippen MR) is 101 cm³/mol. The van der Waals surface area contributed by atoms with Gasteiger partial charge in [-0.05, 0) is 37.7 Å². The number of fused-ring (bicyclic) bond motifs is 3. The molecule has 1 heterocycles. The molecular formula is C22H21NO2. The average molecular weight is 331 g/mol. The van der Waals surface area contributed by atoms with E-state index in [1.165, 1.54) is 31.3 Å². The van der Waals surface area contributed by atoms with E-state index in [1.807, 2.05) is 18.2 Å². The average Bonchev–Trinajstić information content (AvgIpc) is 3.38. The van der Waals surface area contributed by atoms with Crippen molar-refractivity contribution in [3.63, 3.8) is 0 Å². The standard InChI is InChI=1S/C22H21NO2/c24-23-19-13-12-15(14-6-1-2-7-14)21(19)18-10-5-9-17-16-8-3-4-11-20(16)25-22(17)18/h3-5,8-11,14,24H,1-2,6-7,12-13H2. The third-order valence-corrected chi connectivity index (χ3v) is 5.88. The molecule has 2 aliphatic rings. The van der Waals surface area contributed by atoms with E-state index in [1.54, 1.807) is 0 Å². The molecule has 25 heavy (non-hydrogen) atoms. The molecule has 0 radical (unpaired) electrons. The van der Waals surface area contributed by atoms with Gasteiger partial charge in [0.2, 0.25) is 0 Å². The van der Waals surface area contributed by atoms with E-state index in [4.69, 9.17) is 4.42 Å². The van der Waals surface area contributed by atoms with Gasteiger partial charge in [-0.25, -0.2) is 0 Å². The molecule has 0 spiro atoms. The lowest BCUT2D eigenvalue weighted by atomic mass is 9.90. The van der Waals surface area contributed by atoms with Crippen LogP contribution in [0, 0.1) is 5.92 Å². The zero-order valence-electron chi connectivity index (χ0n) is 14.2. The molecule has 1 fully saturated rings. The van der Waals surface area contributed by atoms with Crippen molar-refractivity contribution in [2.75, 3.05) is 0 Å². The second kappa shape index (κ2) is 5.76. The molecule has 2 aliphatic carbocycles. The number of hydrogen-bond acceptors (Lipinski definition) is 3. The number of nitrogens with zero attached hydrogens (tertiary/aromatic N) is 1. The molecule has 0 amide bonds. The first-order valence-electron chi connectivity index (χ1n) is 9.22. The van der Waals surface area contributed by atoms with Crippen LogP contribution >= 0.6 is 0 Å². The highest BCUT2D eigenvalue weighted by atomic mass is 16.4. The summed E-state index contributed by atoms with van der Waals surface area (Å²) in [6.07, 6.45) is 6.97. The molecule has 0 bridgehead atoms. The Labute approximate surface area is 146 Å². The Morgan fingerprint density at radius 3 is 2.56 bits per heavy atom. The molecule has 1 N–H and O–H groups in total. The van der Waals surface area contributed by atoms with Crippen LogP contribution in [-0.4, -0.2) is 10.9 Å². The first-order chi connectivity index (χ1) is 12.4. The highest BCUT2D eigenvalue weighted by molar-refractivity contribution is 6.29. The third kappa shape index (κ3) is 2.22. The molecule has 0 atom stereocenters. The van der Waals surface area contributed by atoms with Crippen molar-refractivity contribution in [1.82, 2.24) is 0 Å². The van der Waals surface area contributed by atoms with E-state index >= 15 is 0 Å². The summed E-state index contributed by atoms with van der Waals surface area (Å²) in [5.41, 5.74) is 6.33. The number of oxime groups is 1. The van der Waals surface area contributed by atoms with E-state index in [9.17, 15) is 5.21 Å². The monoisotopic (exact) mass is 331 g/mol. The van der Waals surface area contributed by atoms with Crippen LogP contribution in [0.15, 0.2) is 57.6 Å². The lowest BCUT2D eigenvalue weighted by molar-refractivity contribution is 0.319. The van der Waals surface area contributed by atoms with E-state index in [2.05, 4.69) is 29.4 Å². The number of rotatable bonds is 2. The van der Waals surface area contributed by atoms with Crippen LogP contribution < -0.4 is 0 Å². The van der Waals surface area contributed by atoms with Crippen molar-refractivity contribution in [3.05, 3.63) is 53.6 Å².